The van der Waals surface area contributed by atoms with Crippen LogP contribution in [0, 0.1) is 0 Å². The molecule has 134 valence electrons. The summed E-state index contributed by atoms with van der Waals surface area (Å²) in [6.07, 6.45) is 1.37. The zero-order valence-corrected chi connectivity index (χ0v) is 14.5. The molecule has 26 heavy (non-hydrogen) atoms. The summed E-state index contributed by atoms with van der Waals surface area (Å²) in [6, 6.07) is 16.6. The Kier molecular flexibility index (Phi) is 5.53. The molecule has 0 aliphatic heterocycles. The molecule has 0 spiro atoms. The average Bonchev–Trinajstić information content (AvgIpc) is 3.08. The number of amides is 2. The molecule has 2 aromatic carbocycles. The van der Waals surface area contributed by atoms with Crippen molar-refractivity contribution in [3.05, 3.63) is 60.4 Å². The van der Waals surface area contributed by atoms with Gasteiger partial charge in [-0.05, 0) is 42.8 Å². The lowest BCUT2D eigenvalue weighted by Crippen LogP contribution is -2.36. The number of aryl methyl sites for hydroxylation is 1. The lowest BCUT2D eigenvalue weighted by Gasteiger charge is -2.07. The maximum Gasteiger partial charge on any atom is 0.313 e. The number of hydrogen-bond acceptors (Lipinski definition) is 4. The van der Waals surface area contributed by atoms with Gasteiger partial charge in [0.25, 0.3) is 0 Å². The summed E-state index contributed by atoms with van der Waals surface area (Å²) in [7, 11) is 1.56. The van der Waals surface area contributed by atoms with Crippen molar-refractivity contribution in [1.29, 1.82) is 0 Å². The monoisotopic (exact) mass is 352 g/mol. The maximum absolute atomic E-state index is 11.9. The number of furan rings is 1. The predicted octanol–water partition coefficient (Wildman–Crippen LogP) is 3.13. The maximum atomic E-state index is 11.9. The van der Waals surface area contributed by atoms with Crippen molar-refractivity contribution in [1.82, 2.24) is 5.32 Å². The Labute approximate surface area is 151 Å². The molecule has 0 radical (unpaired) electrons. The molecule has 0 bridgehead atoms. The van der Waals surface area contributed by atoms with Crippen LogP contribution in [0.15, 0.2) is 59.0 Å². The summed E-state index contributed by atoms with van der Waals surface area (Å²) < 4.78 is 10.8. The molecule has 6 nitrogen and oxygen atoms in total. The molecule has 0 aliphatic carbocycles. The lowest BCUT2D eigenvalue weighted by molar-refractivity contribution is -0.136. The first-order chi connectivity index (χ1) is 12.7. The first-order valence-corrected chi connectivity index (χ1v) is 8.36. The van der Waals surface area contributed by atoms with Gasteiger partial charge in [-0.2, -0.15) is 0 Å². The highest BCUT2D eigenvalue weighted by molar-refractivity contribution is 6.39. The van der Waals surface area contributed by atoms with E-state index < -0.39 is 11.8 Å². The Balaban J connectivity index is 1.42. The zero-order chi connectivity index (χ0) is 18.4. The van der Waals surface area contributed by atoms with Crippen LogP contribution in [0.4, 0.5) is 5.69 Å². The molecule has 0 saturated carbocycles. The van der Waals surface area contributed by atoms with Crippen LogP contribution in [0.3, 0.4) is 0 Å². The number of hydrogen-bond donors (Lipinski definition) is 2. The molecule has 0 atom stereocenters. The summed E-state index contributed by atoms with van der Waals surface area (Å²) in [4.78, 5) is 23.7. The lowest BCUT2D eigenvalue weighted by atomic mass is 10.2. The number of rotatable bonds is 6. The summed E-state index contributed by atoms with van der Waals surface area (Å²) in [5.41, 5.74) is 1.39. The molecule has 0 saturated heterocycles. The van der Waals surface area contributed by atoms with E-state index in [1.807, 2.05) is 30.3 Å². The van der Waals surface area contributed by atoms with Crippen LogP contribution in [-0.4, -0.2) is 25.5 Å². The van der Waals surface area contributed by atoms with Crippen LogP contribution in [0.25, 0.3) is 11.0 Å². The fourth-order valence-corrected chi connectivity index (χ4v) is 2.57. The molecule has 0 unspecified atom stereocenters. The summed E-state index contributed by atoms with van der Waals surface area (Å²) in [5, 5.41) is 6.22. The van der Waals surface area contributed by atoms with Gasteiger partial charge in [0.2, 0.25) is 0 Å². The van der Waals surface area contributed by atoms with Crippen LogP contribution in [0.1, 0.15) is 12.2 Å². The van der Waals surface area contributed by atoms with Gasteiger partial charge in [0.15, 0.2) is 0 Å². The quantitative estimate of drug-likeness (QED) is 0.528. The summed E-state index contributed by atoms with van der Waals surface area (Å²) >= 11 is 0. The van der Waals surface area contributed by atoms with Gasteiger partial charge in [0.05, 0.1) is 7.11 Å². The van der Waals surface area contributed by atoms with E-state index in [9.17, 15) is 9.59 Å². The highest BCUT2D eigenvalue weighted by Crippen LogP contribution is 2.19. The minimum atomic E-state index is -0.695. The van der Waals surface area contributed by atoms with E-state index in [1.54, 1.807) is 31.4 Å². The van der Waals surface area contributed by atoms with E-state index in [2.05, 4.69) is 10.6 Å². The third kappa shape index (κ3) is 4.42. The minimum Gasteiger partial charge on any atom is -0.497 e. The van der Waals surface area contributed by atoms with Gasteiger partial charge in [0.1, 0.15) is 17.1 Å². The fraction of sp³-hybridized carbons (Fsp3) is 0.200. The Hall–Kier alpha value is -3.28. The van der Waals surface area contributed by atoms with Crippen molar-refractivity contribution < 1.29 is 18.7 Å². The van der Waals surface area contributed by atoms with Gasteiger partial charge in [-0.1, -0.05) is 18.2 Å². The van der Waals surface area contributed by atoms with Crippen molar-refractivity contribution in [2.75, 3.05) is 19.0 Å². The molecular formula is C20H20N2O4. The smallest absolute Gasteiger partial charge is 0.313 e. The SMILES string of the molecule is COc1ccc(NC(=O)C(=O)NCCCc2cc3ccccc3o2)cc1. The number of carbonyl (C=O) groups excluding carboxylic acids is 2. The Bertz CT molecular complexity index is 867. The fourth-order valence-electron chi connectivity index (χ4n) is 2.57. The largest absolute Gasteiger partial charge is 0.497 e. The topological polar surface area (TPSA) is 80.6 Å². The van der Waals surface area contributed by atoms with Crippen LogP contribution in [-0.2, 0) is 16.0 Å². The highest BCUT2D eigenvalue weighted by Gasteiger charge is 2.13. The van der Waals surface area contributed by atoms with Crippen molar-refractivity contribution >= 4 is 28.5 Å². The van der Waals surface area contributed by atoms with Crippen molar-refractivity contribution in [3.63, 3.8) is 0 Å². The number of nitrogens with one attached hydrogen (secondary N) is 2. The summed E-state index contributed by atoms with van der Waals surface area (Å²) in [5.74, 6) is 0.186. The zero-order valence-electron chi connectivity index (χ0n) is 14.5. The van der Waals surface area contributed by atoms with E-state index >= 15 is 0 Å². The van der Waals surface area contributed by atoms with Gasteiger partial charge in [-0.15, -0.1) is 0 Å². The van der Waals surface area contributed by atoms with E-state index in [0.717, 1.165) is 16.7 Å². The van der Waals surface area contributed by atoms with Gasteiger partial charge < -0.3 is 19.8 Å². The molecule has 1 aromatic heterocycles. The van der Waals surface area contributed by atoms with E-state index in [4.69, 9.17) is 9.15 Å². The number of benzene rings is 2. The molecule has 3 rings (SSSR count). The van der Waals surface area contributed by atoms with Gasteiger partial charge in [-0.3, -0.25) is 9.59 Å². The summed E-state index contributed by atoms with van der Waals surface area (Å²) in [6.45, 7) is 0.395. The van der Waals surface area contributed by atoms with Gasteiger partial charge in [0, 0.05) is 24.0 Å². The molecule has 0 aliphatic rings. The second kappa shape index (κ2) is 8.20. The van der Waals surface area contributed by atoms with Gasteiger partial charge >= 0.3 is 11.8 Å². The molecule has 3 aromatic rings. The van der Waals surface area contributed by atoms with Crippen LogP contribution >= 0.6 is 0 Å². The number of fused-ring (bicyclic) bond motifs is 1. The molecule has 2 amide bonds. The van der Waals surface area contributed by atoms with Crippen LogP contribution in [0.2, 0.25) is 0 Å². The highest BCUT2D eigenvalue weighted by atomic mass is 16.5. The second-order valence-electron chi connectivity index (χ2n) is 5.79. The number of methoxy groups -OCH3 is 1. The third-order valence-electron chi connectivity index (χ3n) is 3.92. The van der Waals surface area contributed by atoms with Crippen LogP contribution in [0.5, 0.6) is 5.75 Å². The van der Waals surface area contributed by atoms with E-state index in [0.29, 0.717) is 30.8 Å². The van der Waals surface area contributed by atoms with E-state index in [1.165, 1.54) is 0 Å². The van der Waals surface area contributed by atoms with E-state index in [-0.39, 0.29) is 0 Å². The predicted molar refractivity (Wildman–Crippen MR) is 99.2 cm³/mol. The molecule has 2 N–H and O–H groups in total. The number of para-hydroxylation sites is 1. The van der Waals surface area contributed by atoms with Crippen LogP contribution < -0.4 is 15.4 Å². The standard InChI is InChI=1S/C20H20N2O4/c1-25-16-10-8-15(9-11-16)22-20(24)19(23)21-12-4-6-17-13-14-5-2-3-7-18(14)26-17/h2-3,5,7-11,13H,4,6,12H2,1H3,(H,21,23)(H,22,24). The van der Waals surface area contributed by atoms with Crippen molar-refractivity contribution in [2.45, 2.75) is 12.8 Å². The Morgan fingerprint density at radius 2 is 1.81 bits per heavy atom. The minimum absolute atomic E-state index is 0.395. The van der Waals surface area contributed by atoms with Gasteiger partial charge in [-0.25, -0.2) is 0 Å². The second-order valence-corrected chi connectivity index (χ2v) is 5.79. The van der Waals surface area contributed by atoms with Crippen molar-refractivity contribution in [3.8, 4) is 5.75 Å². The number of anilines is 1. The first-order valence-electron chi connectivity index (χ1n) is 8.36. The first kappa shape index (κ1) is 17.5. The number of carbonyl (C=O) groups is 2. The molecule has 0 fully saturated rings. The Morgan fingerprint density at radius 3 is 2.54 bits per heavy atom. The van der Waals surface area contributed by atoms with Crippen molar-refractivity contribution in [2.24, 2.45) is 0 Å². The Morgan fingerprint density at radius 1 is 1.04 bits per heavy atom. The average molecular weight is 352 g/mol. The number of ether oxygens (including phenoxy) is 1. The normalized spacial score (nSPS) is 10.5. The molecule has 6 heteroatoms. The third-order valence-corrected chi connectivity index (χ3v) is 3.92. The molecule has 1 heterocycles. The molecular weight excluding hydrogens is 332 g/mol.